The SMILES string of the molecule is C=CCCNCCCCCCCc1ccc(C(=O)c2ccc(C#N)cc2)cc1. The molecule has 0 unspecified atom stereocenters. The monoisotopic (exact) mass is 374 g/mol. The van der Waals surface area contributed by atoms with Crippen molar-refractivity contribution in [3.8, 4) is 6.07 Å². The van der Waals surface area contributed by atoms with Crippen molar-refractivity contribution in [3.63, 3.8) is 0 Å². The zero-order chi connectivity index (χ0) is 20.0. The van der Waals surface area contributed by atoms with E-state index in [9.17, 15) is 4.79 Å². The molecule has 0 aliphatic heterocycles. The fourth-order valence-corrected chi connectivity index (χ4v) is 3.12. The molecule has 0 spiro atoms. The first kappa shape index (κ1) is 21.6. The number of carbonyl (C=O) groups is 1. The molecule has 0 bridgehead atoms. The van der Waals surface area contributed by atoms with Crippen LogP contribution in [0.3, 0.4) is 0 Å². The molecule has 2 aromatic carbocycles. The molecule has 0 saturated heterocycles. The maximum atomic E-state index is 12.5. The van der Waals surface area contributed by atoms with Gasteiger partial charge < -0.3 is 5.32 Å². The van der Waals surface area contributed by atoms with E-state index < -0.39 is 0 Å². The van der Waals surface area contributed by atoms with Gasteiger partial charge in [-0.1, -0.05) is 49.6 Å². The van der Waals surface area contributed by atoms with E-state index in [0.29, 0.717) is 16.7 Å². The summed E-state index contributed by atoms with van der Waals surface area (Å²) in [6.45, 7) is 5.85. The highest BCUT2D eigenvalue weighted by atomic mass is 16.1. The number of carbonyl (C=O) groups excluding carboxylic acids is 1. The molecule has 0 aliphatic rings. The van der Waals surface area contributed by atoms with Crippen molar-refractivity contribution < 1.29 is 4.79 Å². The topological polar surface area (TPSA) is 52.9 Å². The van der Waals surface area contributed by atoms with E-state index in [1.54, 1.807) is 24.3 Å². The number of benzene rings is 2. The Hall–Kier alpha value is -2.70. The van der Waals surface area contributed by atoms with Crippen LogP contribution in [0.2, 0.25) is 0 Å². The number of nitriles is 1. The third-order valence-electron chi connectivity index (χ3n) is 4.84. The lowest BCUT2D eigenvalue weighted by molar-refractivity contribution is 0.103. The van der Waals surface area contributed by atoms with Crippen LogP contribution in [0, 0.1) is 11.3 Å². The van der Waals surface area contributed by atoms with Crippen LogP contribution >= 0.6 is 0 Å². The van der Waals surface area contributed by atoms with Gasteiger partial charge in [-0.3, -0.25) is 4.79 Å². The largest absolute Gasteiger partial charge is 0.316 e. The van der Waals surface area contributed by atoms with Crippen molar-refractivity contribution in [1.29, 1.82) is 5.26 Å². The van der Waals surface area contributed by atoms with E-state index in [1.807, 2.05) is 18.2 Å². The summed E-state index contributed by atoms with van der Waals surface area (Å²) in [7, 11) is 0. The second-order valence-corrected chi connectivity index (χ2v) is 7.06. The van der Waals surface area contributed by atoms with Gasteiger partial charge in [-0.25, -0.2) is 0 Å². The average molecular weight is 375 g/mol. The molecule has 0 aliphatic carbocycles. The van der Waals surface area contributed by atoms with Gasteiger partial charge in [0.15, 0.2) is 5.78 Å². The lowest BCUT2D eigenvalue weighted by Gasteiger charge is -2.05. The van der Waals surface area contributed by atoms with E-state index in [-0.39, 0.29) is 5.78 Å². The summed E-state index contributed by atoms with van der Waals surface area (Å²) in [5, 5.41) is 12.3. The fourth-order valence-electron chi connectivity index (χ4n) is 3.12. The van der Waals surface area contributed by atoms with Gasteiger partial charge in [-0.15, -0.1) is 6.58 Å². The number of ketones is 1. The lowest BCUT2D eigenvalue weighted by Crippen LogP contribution is -2.15. The molecule has 2 aromatic rings. The normalized spacial score (nSPS) is 10.4. The minimum absolute atomic E-state index is 0.00209. The van der Waals surface area contributed by atoms with Gasteiger partial charge >= 0.3 is 0 Å². The Bertz CT molecular complexity index is 770. The molecule has 1 N–H and O–H groups in total. The van der Waals surface area contributed by atoms with Crippen molar-refractivity contribution in [2.75, 3.05) is 13.1 Å². The van der Waals surface area contributed by atoms with Gasteiger partial charge in [0.05, 0.1) is 11.6 Å². The van der Waals surface area contributed by atoms with Crippen molar-refractivity contribution in [2.45, 2.75) is 44.9 Å². The van der Waals surface area contributed by atoms with Crippen molar-refractivity contribution >= 4 is 5.78 Å². The molecule has 0 atom stereocenters. The lowest BCUT2D eigenvalue weighted by atomic mass is 9.99. The maximum absolute atomic E-state index is 12.5. The number of hydrogen-bond acceptors (Lipinski definition) is 3. The number of aryl methyl sites for hydroxylation is 1. The highest BCUT2D eigenvalue weighted by Gasteiger charge is 2.08. The molecular formula is C25H30N2O. The molecule has 0 amide bonds. The smallest absolute Gasteiger partial charge is 0.193 e. The fraction of sp³-hybridized carbons (Fsp3) is 0.360. The minimum atomic E-state index is -0.00209. The molecule has 3 heteroatoms. The molecule has 0 saturated carbocycles. The van der Waals surface area contributed by atoms with Gasteiger partial charge in [-0.05, 0) is 68.6 Å². The Labute approximate surface area is 169 Å². The summed E-state index contributed by atoms with van der Waals surface area (Å²) < 4.78 is 0. The summed E-state index contributed by atoms with van der Waals surface area (Å²) >= 11 is 0. The number of hydrogen-bond donors (Lipinski definition) is 1. The van der Waals surface area contributed by atoms with Crippen LogP contribution in [0.15, 0.2) is 61.2 Å². The average Bonchev–Trinajstić information content (AvgIpc) is 2.75. The minimum Gasteiger partial charge on any atom is -0.316 e. The Balaban J connectivity index is 1.66. The zero-order valence-corrected chi connectivity index (χ0v) is 16.6. The van der Waals surface area contributed by atoms with Gasteiger partial charge in [0.2, 0.25) is 0 Å². The molecule has 0 radical (unpaired) electrons. The second-order valence-electron chi connectivity index (χ2n) is 7.06. The molecule has 28 heavy (non-hydrogen) atoms. The summed E-state index contributed by atoms with van der Waals surface area (Å²) in [5.41, 5.74) is 3.15. The zero-order valence-electron chi connectivity index (χ0n) is 16.6. The van der Waals surface area contributed by atoms with Crippen LogP contribution in [0.4, 0.5) is 0 Å². The number of nitrogens with zero attached hydrogens (tertiary/aromatic N) is 1. The van der Waals surface area contributed by atoms with E-state index in [2.05, 4.69) is 30.1 Å². The number of rotatable bonds is 13. The molecule has 3 nitrogen and oxygen atoms in total. The van der Waals surface area contributed by atoms with Gasteiger partial charge in [-0.2, -0.15) is 5.26 Å². The molecule has 0 fully saturated rings. The van der Waals surface area contributed by atoms with Crippen LogP contribution < -0.4 is 5.32 Å². The quantitative estimate of drug-likeness (QED) is 0.288. The number of unbranched alkanes of at least 4 members (excludes halogenated alkanes) is 4. The predicted octanol–water partition coefficient (Wildman–Crippen LogP) is 5.45. The Morgan fingerprint density at radius 1 is 0.893 bits per heavy atom. The van der Waals surface area contributed by atoms with E-state index in [0.717, 1.165) is 25.9 Å². The third kappa shape index (κ3) is 7.50. The van der Waals surface area contributed by atoms with Gasteiger partial charge in [0, 0.05) is 11.1 Å². The Morgan fingerprint density at radius 2 is 1.50 bits per heavy atom. The predicted molar refractivity (Wildman–Crippen MR) is 116 cm³/mol. The summed E-state index contributed by atoms with van der Waals surface area (Å²) in [4.78, 5) is 12.5. The van der Waals surface area contributed by atoms with E-state index in [4.69, 9.17) is 5.26 Å². The van der Waals surface area contributed by atoms with Crippen LogP contribution in [0.5, 0.6) is 0 Å². The molecule has 146 valence electrons. The second kappa shape index (κ2) is 12.6. The van der Waals surface area contributed by atoms with Crippen LogP contribution in [-0.2, 0) is 6.42 Å². The van der Waals surface area contributed by atoms with E-state index >= 15 is 0 Å². The standard InChI is InChI=1S/C25H30N2O/c1-2-3-18-27-19-8-6-4-5-7-9-21-10-14-23(15-11-21)25(28)24-16-12-22(20-26)13-17-24/h2,10-17,27H,1,3-9,18-19H2. The Kier molecular flexibility index (Phi) is 9.75. The summed E-state index contributed by atoms with van der Waals surface area (Å²) in [5.74, 6) is -0.00209. The number of nitrogens with one attached hydrogen (secondary N) is 1. The van der Waals surface area contributed by atoms with Gasteiger partial charge in [0.1, 0.15) is 0 Å². The molecule has 2 rings (SSSR count). The van der Waals surface area contributed by atoms with Gasteiger partial charge in [0.25, 0.3) is 0 Å². The first-order valence-corrected chi connectivity index (χ1v) is 10.2. The van der Waals surface area contributed by atoms with Crippen LogP contribution in [-0.4, -0.2) is 18.9 Å². The third-order valence-corrected chi connectivity index (χ3v) is 4.84. The highest BCUT2D eigenvalue weighted by Crippen LogP contribution is 2.14. The molecule has 0 aromatic heterocycles. The maximum Gasteiger partial charge on any atom is 0.193 e. The van der Waals surface area contributed by atoms with E-state index in [1.165, 1.54) is 37.7 Å². The summed E-state index contributed by atoms with van der Waals surface area (Å²) in [6.07, 6.45) is 10.3. The molecule has 0 heterocycles. The van der Waals surface area contributed by atoms with Crippen LogP contribution in [0.25, 0.3) is 0 Å². The first-order valence-electron chi connectivity index (χ1n) is 10.2. The molecular weight excluding hydrogens is 344 g/mol. The van der Waals surface area contributed by atoms with Crippen LogP contribution in [0.1, 0.15) is 65.6 Å². The summed E-state index contributed by atoms with van der Waals surface area (Å²) in [6, 6.07) is 16.8. The highest BCUT2D eigenvalue weighted by molar-refractivity contribution is 6.09. The van der Waals surface area contributed by atoms with Crippen molar-refractivity contribution in [2.24, 2.45) is 0 Å². The first-order chi connectivity index (χ1) is 13.7. The van der Waals surface area contributed by atoms with Crippen molar-refractivity contribution in [1.82, 2.24) is 5.32 Å². The Morgan fingerprint density at radius 3 is 2.14 bits per heavy atom. The van der Waals surface area contributed by atoms with Crippen molar-refractivity contribution in [3.05, 3.63) is 83.4 Å².